The molecule has 1 aliphatic heterocycles. The van der Waals surface area contributed by atoms with E-state index >= 15 is 0 Å². The fraction of sp³-hybridized carbons (Fsp3) is 0.538. The maximum atomic E-state index is 7.66. The van der Waals surface area contributed by atoms with Crippen LogP contribution in [0.15, 0.2) is 91.0 Å². The van der Waals surface area contributed by atoms with Crippen LogP contribution in [0.4, 0.5) is 0 Å². The molecule has 0 bridgehead atoms. The maximum Gasteiger partial charge on any atom is 0.261 e. The molecule has 3 aromatic rings. The zero-order chi connectivity index (χ0) is 32.3. The summed E-state index contributed by atoms with van der Waals surface area (Å²) in [5.74, 6) is 0. The minimum Gasteiger partial charge on any atom is -0.402 e. The van der Waals surface area contributed by atoms with Gasteiger partial charge in [0.15, 0.2) is 0 Å². The highest BCUT2D eigenvalue weighted by Gasteiger charge is 2.55. The van der Waals surface area contributed by atoms with E-state index in [9.17, 15) is 0 Å². The van der Waals surface area contributed by atoms with Gasteiger partial charge in [0.25, 0.3) is 8.32 Å². The summed E-state index contributed by atoms with van der Waals surface area (Å²) >= 11 is 0. The Hall–Kier alpha value is -2.07. The van der Waals surface area contributed by atoms with E-state index in [1.807, 2.05) is 0 Å². The fourth-order valence-corrected chi connectivity index (χ4v) is 11.8. The average molecular weight is 647 g/mol. The van der Waals surface area contributed by atoms with Gasteiger partial charge in [0.05, 0.1) is 12.2 Å². The maximum absolute atomic E-state index is 7.66. The highest BCUT2D eigenvalue weighted by Crippen LogP contribution is 2.46. The lowest BCUT2D eigenvalue weighted by Crippen LogP contribution is -2.68. The van der Waals surface area contributed by atoms with Crippen LogP contribution in [0.25, 0.3) is 0 Å². The van der Waals surface area contributed by atoms with Crippen LogP contribution in [-0.2, 0) is 18.6 Å². The summed E-state index contributed by atoms with van der Waals surface area (Å²) < 4.78 is 25.8. The van der Waals surface area contributed by atoms with Gasteiger partial charge in [-0.05, 0) is 46.8 Å². The summed E-state index contributed by atoms with van der Waals surface area (Å²) in [5.41, 5.74) is 1.25. The molecular weight excluding hydrogens is 589 g/mol. The molecule has 4 rings (SSSR count). The standard InChI is InChI=1S/C39H58O4Si2/c1-32(41-31-40-29-30-44(5,6)7)21-13-8-9-20-28-36(38-37(42-38)33-22-14-10-15-23-33)43-45(39(2,3)4,34-24-16-11-17-25-34)35-26-18-12-19-27-35/h10-12,14-19,22-27,32,36-38H,8-9,13,20-21,28-31H2,1-7H3/t32-,36-,37?,38?/m1/s1. The Labute approximate surface area is 276 Å². The van der Waals surface area contributed by atoms with Gasteiger partial charge in [-0.25, -0.2) is 0 Å². The molecule has 0 amide bonds. The lowest BCUT2D eigenvalue weighted by molar-refractivity contribution is -0.0828. The predicted octanol–water partition coefficient (Wildman–Crippen LogP) is 9.13. The quantitative estimate of drug-likeness (QED) is 0.0564. The van der Waals surface area contributed by atoms with Gasteiger partial charge in [-0.1, -0.05) is 157 Å². The number of hydrogen-bond donors (Lipinski definition) is 0. The van der Waals surface area contributed by atoms with E-state index in [2.05, 4.69) is 138 Å². The first-order valence-corrected chi connectivity index (χ1v) is 22.8. The van der Waals surface area contributed by atoms with Gasteiger partial charge < -0.3 is 18.6 Å². The second kappa shape index (κ2) is 16.7. The number of hydrogen-bond acceptors (Lipinski definition) is 4. The van der Waals surface area contributed by atoms with Gasteiger partial charge in [-0.15, -0.1) is 0 Å². The molecule has 0 aliphatic carbocycles. The molecule has 1 heterocycles. The zero-order valence-corrected chi connectivity index (χ0v) is 31.0. The van der Waals surface area contributed by atoms with E-state index in [1.165, 1.54) is 41.2 Å². The molecule has 0 aromatic heterocycles. The van der Waals surface area contributed by atoms with E-state index in [-0.39, 0.29) is 29.5 Å². The number of epoxide rings is 1. The lowest BCUT2D eigenvalue weighted by Gasteiger charge is -2.45. The van der Waals surface area contributed by atoms with Crippen molar-refractivity contribution in [3.8, 4) is 0 Å². The molecule has 246 valence electrons. The van der Waals surface area contributed by atoms with Crippen molar-refractivity contribution in [2.45, 2.75) is 121 Å². The van der Waals surface area contributed by atoms with Crippen LogP contribution in [0.5, 0.6) is 0 Å². The predicted molar refractivity (Wildman–Crippen MR) is 194 cm³/mol. The van der Waals surface area contributed by atoms with Crippen molar-refractivity contribution in [3.63, 3.8) is 0 Å². The molecule has 6 heteroatoms. The van der Waals surface area contributed by atoms with Crippen molar-refractivity contribution >= 4 is 26.8 Å². The number of ether oxygens (including phenoxy) is 3. The lowest BCUT2D eigenvalue weighted by atomic mass is 10.0. The van der Waals surface area contributed by atoms with Crippen molar-refractivity contribution in [2.75, 3.05) is 13.4 Å². The molecule has 1 saturated heterocycles. The Bertz CT molecular complexity index is 1200. The van der Waals surface area contributed by atoms with Crippen molar-refractivity contribution in [1.82, 2.24) is 0 Å². The Balaban J connectivity index is 1.40. The first-order valence-electron chi connectivity index (χ1n) is 17.2. The third kappa shape index (κ3) is 10.5. The highest BCUT2D eigenvalue weighted by atomic mass is 28.4. The molecule has 0 saturated carbocycles. The van der Waals surface area contributed by atoms with Crippen LogP contribution in [0, 0.1) is 0 Å². The third-order valence-electron chi connectivity index (χ3n) is 9.05. The summed E-state index contributed by atoms with van der Waals surface area (Å²) in [5, 5.41) is 2.58. The molecule has 4 atom stereocenters. The van der Waals surface area contributed by atoms with Crippen molar-refractivity contribution < 1.29 is 18.6 Å². The van der Waals surface area contributed by atoms with Crippen LogP contribution in [0.3, 0.4) is 0 Å². The van der Waals surface area contributed by atoms with Gasteiger partial charge in [-0.3, -0.25) is 0 Å². The Morgan fingerprint density at radius 1 is 0.733 bits per heavy atom. The Morgan fingerprint density at radius 2 is 1.27 bits per heavy atom. The molecule has 4 nitrogen and oxygen atoms in total. The third-order valence-corrected chi connectivity index (χ3v) is 15.8. The second-order valence-corrected chi connectivity index (χ2v) is 24.9. The molecular formula is C39H58O4Si2. The van der Waals surface area contributed by atoms with E-state index < -0.39 is 16.4 Å². The van der Waals surface area contributed by atoms with Gasteiger partial charge in [0.1, 0.15) is 19.0 Å². The molecule has 1 aliphatic rings. The molecule has 3 aromatic carbocycles. The van der Waals surface area contributed by atoms with Gasteiger partial charge >= 0.3 is 0 Å². The smallest absolute Gasteiger partial charge is 0.261 e. The largest absolute Gasteiger partial charge is 0.402 e. The number of benzene rings is 3. The molecule has 0 N–H and O–H groups in total. The van der Waals surface area contributed by atoms with Gasteiger partial charge in [-0.2, -0.15) is 0 Å². The number of unbranched alkanes of at least 4 members (excludes halogenated alkanes) is 3. The Morgan fingerprint density at radius 3 is 1.80 bits per heavy atom. The second-order valence-electron chi connectivity index (χ2n) is 15.1. The summed E-state index contributed by atoms with van der Waals surface area (Å²) in [6.07, 6.45) is 7.17. The van der Waals surface area contributed by atoms with Crippen molar-refractivity contribution in [3.05, 3.63) is 96.6 Å². The van der Waals surface area contributed by atoms with Crippen LogP contribution in [-0.4, -0.2) is 48.1 Å². The van der Waals surface area contributed by atoms with Crippen molar-refractivity contribution in [2.24, 2.45) is 0 Å². The minimum atomic E-state index is -2.69. The summed E-state index contributed by atoms with van der Waals surface area (Å²) in [4.78, 5) is 0. The normalized spacial score (nSPS) is 18.5. The van der Waals surface area contributed by atoms with E-state index in [4.69, 9.17) is 18.6 Å². The fourth-order valence-electron chi connectivity index (χ4n) is 6.34. The van der Waals surface area contributed by atoms with E-state index in [0.717, 1.165) is 25.9 Å². The van der Waals surface area contributed by atoms with Crippen LogP contribution in [0.2, 0.25) is 30.7 Å². The van der Waals surface area contributed by atoms with Gasteiger partial charge in [0, 0.05) is 14.7 Å². The Kier molecular flexibility index (Phi) is 13.3. The summed E-state index contributed by atoms with van der Waals surface area (Å²) in [7, 11) is -3.75. The topological polar surface area (TPSA) is 40.2 Å². The number of rotatable bonds is 19. The van der Waals surface area contributed by atoms with Crippen LogP contribution in [0.1, 0.15) is 77.9 Å². The van der Waals surface area contributed by atoms with Gasteiger partial charge in [0.2, 0.25) is 0 Å². The van der Waals surface area contributed by atoms with Crippen LogP contribution < -0.4 is 10.4 Å². The van der Waals surface area contributed by atoms with E-state index in [1.54, 1.807) is 0 Å². The molecule has 45 heavy (non-hydrogen) atoms. The van der Waals surface area contributed by atoms with Crippen LogP contribution >= 0.6 is 0 Å². The molecule has 0 spiro atoms. The van der Waals surface area contributed by atoms with E-state index in [0.29, 0.717) is 6.79 Å². The SMILES string of the molecule is C[C@H](CCCCCC[C@@H](O[Si](c1ccccc1)(c1ccccc1)C(C)(C)C)C1OC1c1ccccc1)OCOCC[Si](C)(C)C. The molecule has 2 unspecified atom stereocenters. The summed E-state index contributed by atoms with van der Waals surface area (Å²) in [6, 6.07) is 33.8. The zero-order valence-electron chi connectivity index (χ0n) is 29.0. The highest BCUT2D eigenvalue weighted by molar-refractivity contribution is 6.99. The first-order chi connectivity index (χ1) is 21.5. The minimum absolute atomic E-state index is 0.0251. The monoisotopic (exact) mass is 646 g/mol. The molecule has 0 radical (unpaired) electrons. The van der Waals surface area contributed by atoms with Crippen molar-refractivity contribution in [1.29, 1.82) is 0 Å². The average Bonchev–Trinajstić information content (AvgIpc) is 3.81. The molecule has 1 fully saturated rings. The first kappa shape index (κ1) is 35.8. The summed E-state index contributed by atoms with van der Waals surface area (Å²) in [6.45, 7) is 17.6.